The SMILES string of the molecule is CC.CSC(C)(CO)Oc1cccc(S(=O)N2CCC(Nc3ncc(OC(F)F)cn3)CC2)c1. The molecule has 0 radical (unpaired) electrons. The van der Waals surface area contributed by atoms with Gasteiger partial charge in [-0.25, -0.2) is 18.5 Å². The van der Waals surface area contributed by atoms with Crippen LogP contribution in [0.1, 0.15) is 33.6 Å². The summed E-state index contributed by atoms with van der Waals surface area (Å²) in [7, 11) is -1.35. The van der Waals surface area contributed by atoms with E-state index in [1.807, 2.05) is 24.4 Å². The van der Waals surface area contributed by atoms with Crippen LogP contribution in [-0.4, -0.2) is 67.1 Å². The lowest BCUT2D eigenvalue weighted by atomic mass is 10.1. The van der Waals surface area contributed by atoms with Crippen molar-refractivity contribution in [3.8, 4) is 11.5 Å². The van der Waals surface area contributed by atoms with Gasteiger partial charge in [-0.15, -0.1) is 11.8 Å². The molecule has 0 bridgehead atoms. The molecule has 2 heterocycles. The molecule has 1 saturated heterocycles. The minimum atomic E-state index is -2.92. The summed E-state index contributed by atoms with van der Waals surface area (Å²) in [5.41, 5.74) is 0. The summed E-state index contributed by atoms with van der Waals surface area (Å²) < 4.78 is 49.5. The molecule has 0 saturated carbocycles. The van der Waals surface area contributed by atoms with Crippen LogP contribution < -0.4 is 14.8 Å². The van der Waals surface area contributed by atoms with Gasteiger partial charge in [0.1, 0.15) is 16.7 Å². The highest BCUT2D eigenvalue weighted by Crippen LogP contribution is 2.28. The van der Waals surface area contributed by atoms with Crippen molar-refractivity contribution in [2.75, 3.05) is 31.3 Å². The number of nitrogens with one attached hydrogen (secondary N) is 1. The Bertz CT molecular complexity index is 897. The maximum Gasteiger partial charge on any atom is 0.387 e. The lowest BCUT2D eigenvalue weighted by molar-refractivity contribution is -0.0503. The number of aliphatic hydroxyl groups excluding tert-OH is 1. The number of nitrogens with zero attached hydrogens (tertiary/aromatic N) is 3. The van der Waals surface area contributed by atoms with Crippen molar-refractivity contribution in [3.63, 3.8) is 0 Å². The summed E-state index contributed by atoms with van der Waals surface area (Å²) >= 11 is 1.40. The van der Waals surface area contributed by atoms with Crippen LogP contribution in [0.15, 0.2) is 41.6 Å². The maximum absolute atomic E-state index is 13.1. The number of ether oxygens (including phenoxy) is 2. The van der Waals surface area contributed by atoms with E-state index in [2.05, 4.69) is 20.0 Å². The molecule has 2 unspecified atom stereocenters. The molecule has 0 spiro atoms. The number of thioether (sulfide) groups is 1. The molecule has 1 aromatic heterocycles. The van der Waals surface area contributed by atoms with Gasteiger partial charge in [0.05, 0.1) is 23.9 Å². The molecule has 1 aromatic carbocycles. The fourth-order valence-electron chi connectivity index (χ4n) is 3.09. The maximum atomic E-state index is 13.1. The average Bonchev–Trinajstić information content (AvgIpc) is 2.86. The second kappa shape index (κ2) is 13.8. The molecular formula is C22H32F2N4O4S2. The van der Waals surface area contributed by atoms with Crippen molar-refractivity contribution in [1.29, 1.82) is 0 Å². The largest absolute Gasteiger partial charge is 0.474 e. The molecule has 2 atom stereocenters. The first kappa shape index (κ1) is 28.2. The van der Waals surface area contributed by atoms with Crippen molar-refractivity contribution in [2.24, 2.45) is 0 Å². The van der Waals surface area contributed by atoms with E-state index >= 15 is 0 Å². The zero-order chi connectivity index (χ0) is 25.1. The molecule has 1 fully saturated rings. The molecule has 190 valence electrons. The van der Waals surface area contributed by atoms with Crippen LogP contribution in [0.2, 0.25) is 0 Å². The van der Waals surface area contributed by atoms with Gasteiger partial charge in [-0.05, 0) is 44.2 Å². The van der Waals surface area contributed by atoms with Crippen molar-refractivity contribution in [2.45, 2.75) is 56.1 Å². The predicted octanol–water partition coefficient (Wildman–Crippen LogP) is 4.15. The van der Waals surface area contributed by atoms with Gasteiger partial charge < -0.3 is 19.9 Å². The highest BCUT2D eigenvalue weighted by molar-refractivity contribution is 7.99. The van der Waals surface area contributed by atoms with Crippen LogP contribution in [0.5, 0.6) is 11.5 Å². The van der Waals surface area contributed by atoms with Gasteiger partial charge in [-0.2, -0.15) is 8.78 Å². The molecule has 2 aromatic rings. The van der Waals surface area contributed by atoms with E-state index in [9.17, 15) is 18.1 Å². The standard InChI is InChI=1S/C20H26F2N4O4S2.C2H6/c1-20(13-27,31-2)30-15-4-3-5-17(10-15)32(28)26-8-6-14(7-9-26)25-19-23-11-16(12-24-19)29-18(21)22;1-2/h3-5,10-12,14,18,27H,6-9,13H2,1-2H3,(H,23,24,25);1-2H3. The van der Waals surface area contributed by atoms with E-state index < -0.39 is 22.5 Å². The van der Waals surface area contributed by atoms with E-state index in [4.69, 9.17) is 4.74 Å². The minimum absolute atomic E-state index is 0.0756. The number of hydrogen-bond acceptors (Lipinski definition) is 8. The second-order valence-electron chi connectivity index (χ2n) is 7.29. The van der Waals surface area contributed by atoms with Crippen molar-refractivity contribution >= 4 is 28.7 Å². The van der Waals surface area contributed by atoms with E-state index in [0.717, 1.165) is 12.8 Å². The summed E-state index contributed by atoms with van der Waals surface area (Å²) in [4.78, 5) is 7.85. The second-order valence-corrected chi connectivity index (χ2v) is 10.0. The van der Waals surface area contributed by atoms with Crippen LogP contribution in [0.4, 0.5) is 14.7 Å². The molecular weight excluding hydrogens is 486 g/mol. The molecule has 3 rings (SSSR count). The first-order chi connectivity index (χ1) is 16.3. The Labute approximate surface area is 206 Å². The van der Waals surface area contributed by atoms with E-state index in [0.29, 0.717) is 29.7 Å². The van der Waals surface area contributed by atoms with Crippen LogP contribution in [0.25, 0.3) is 0 Å². The van der Waals surface area contributed by atoms with Gasteiger partial charge in [0.25, 0.3) is 0 Å². The number of hydrogen-bond donors (Lipinski definition) is 2. The van der Waals surface area contributed by atoms with Gasteiger partial charge in [0.2, 0.25) is 5.95 Å². The molecule has 0 aliphatic carbocycles. The number of aromatic nitrogens is 2. The third-order valence-electron chi connectivity index (χ3n) is 4.93. The summed E-state index contributed by atoms with van der Waals surface area (Å²) in [6, 6.07) is 7.17. The smallest absolute Gasteiger partial charge is 0.387 e. The average molecular weight is 519 g/mol. The number of halogens is 2. The molecule has 2 N–H and O–H groups in total. The third kappa shape index (κ3) is 8.33. The Morgan fingerprint density at radius 1 is 1.26 bits per heavy atom. The van der Waals surface area contributed by atoms with E-state index in [1.54, 1.807) is 31.2 Å². The highest BCUT2D eigenvalue weighted by atomic mass is 32.2. The highest BCUT2D eigenvalue weighted by Gasteiger charge is 2.26. The quantitative estimate of drug-likeness (QED) is 0.453. The molecule has 1 aliphatic rings. The van der Waals surface area contributed by atoms with E-state index in [-0.39, 0.29) is 18.4 Å². The summed E-state index contributed by atoms with van der Waals surface area (Å²) in [5.74, 6) is 0.783. The molecule has 12 heteroatoms. The van der Waals surface area contributed by atoms with Crippen molar-refractivity contribution < 1.29 is 27.6 Å². The lowest BCUT2D eigenvalue weighted by Gasteiger charge is -2.31. The zero-order valence-electron chi connectivity index (χ0n) is 19.7. The Kier molecular flexibility index (Phi) is 11.4. The van der Waals surface area contributed by atoms with Crippen molar-refractivity contribution in [3.05, 3.63) is 36.7 Å². The Morgan fingerprint density at radius 3 is 2.47 bits per heavy atom. The first-order valence-electron chi connectivity index (χ1n) is 11.0. The fourth-order valence-corrected chi connectivity index (χ4v) is 4.65. The van der Waals surface area contributed by atoms with Gasteiger partial charge in [-0.3, -0.25) is 0 Å². The number of aliphatic hydroxyl groups is 1. The van der Waals surface area contributed by atoms with Crippen molar-refractivity contribution in [1.82, 2.24) is 14.3 Å². The summed E-state index contributed by atoms with van der Waals surface area (Å²) in [6.45, 7) is 3.93. The first-order valence-corrected chi connectivity index (χ1v) is 13.3. The fraction of sp³-hybridized carbons (Fsp3) is 0.545. The summed E-state index contributed by atoms with van der Waals surface area (Å²) in [5, 5.41) is 12.7. The molecule has 1 aliphatic heterocycles. The normalized spacial score (nSPS) is 17.3. The predicted molar refractivity (Wildman–Crippen MR) is 131 cm³/mol. The van der Waals surface area contributed by atoms with Gasteiger partial charge in [0.15, 0.2) is 10.7 Å². The van der Waals surface area contributed by atoms with Gasteiger partial charge >= 0.3 is 6.61 Å². The molecule has 34 heavy (non-hydrogen) atoms. The number of benzene rings is 1. The number of alkyl halides is 2. The number of rotatable bonds is 10. The summed E-state index contributed by atoms with van der Waals surface area (Å²) in [6.07, 6.45) is 5.68. The molecule has 0 amide bonds. The van der Waals surface area contributed by atoms with Crippen LogP contribution in [0, 0.1) is 0 Å². The Balaban J connectivity index is 0.00000199. The molecule has 8 nitrogen and oxygen atoms in total. The topological polar surface area (TPSA) is 96.8 Å². The van der Waals surface area contributed by atoms with Gasteiger partial charge in [-0.1, -0.05) is 19.9 Å². The third-order valence-corrected chi connectivity index (χ3v) is 7.50. The number of anilines is 1. The van der Waals surface area contributed by atoms with Crippen LogP contribution in [0.3, 0.4) is 0 Å². The van der Waals surface area contributed by atoms with Crippen LogP contribution in [-0.2, 0) is 11.0 Å². The Morgan fingerprint density at radius 2 is 1.91 bits per heavy atom. The lowest BCUT2D eigenvalue weighted by Crippen LogP contribution is -2.40. The zero-order valence-corrected chi connectivity index (χ0v) is 21.4. The monoisotopic (exact) mass is 518 g/mol. The Hall–Kier alpha value is -2.02. The van der Waals surface area contributed by atoms with Crippen LogP contribution >= 0.6 is 11.8 Å². The minimum Gasteiger partial charge on any atom is -0.474 e. The van der Waals surface area contributed by atoms with E-state index in [1.165, 1.54) is 24.2 Å². The van der Waals surface area contributed by atoms with Gasteiger partial charge in [0, 0.05) is 19.1 Å². The number of piperidine rings is 1.